The molecule has 0 fully saturated rings. The molecule has 0 spiro atoms. The third kappa shape index (κ3) is 11.7. The number of nitrogens with one attached hydrogen (secondary N) is 1. The van der Waals surface area contributed by atoms with Crippen LogP contribution in [0.4, 0.5) is 0 Å². The summed E-state index contributed by atoms with van der Waals surface area (Å²) in [7, 11) is -5.76. The molecule has 0 amide bonds. The second-order valence-electron chi connectivity index (χ2n) is 8.28. The maximum absolute atomic E-state index is 6.49. The molecular weight excluding hydrogens is 563 g/mol. The lowest BCUT2D eigenvalue weighted by molar-refractivity contribution is 0.381. The van der Waals surface area contributed by atoms with E-state index in [2.05, 4.69) is 64.5 Å². The van der Waals surface area contributed by atoms with Crippen LogP contribution >= 0.6 is 74.7 Å². The van der Waals surface area contributed by atoms with Gasteiger partial charge in [-0.1, -0.05) is 0 Å². The molecule has 1 heterocycles. The Labute approximate surface area is 190 Å². The van der Waals surface area contributed by atoms with E-state index in [1.807, 2.05) is 0 Å². The Morgan fingerprint density at radius 1 is 0.741 bits per heavy atom. The Balaban J connectivity index is 2.81. The van der Waals surface area contributed by atoms with E-state index >= 15 is 0 Å². The molecule has 0 aromatic carbocycles. The summed E-state index contributed by atoms with van der Waals surface area (Å²) in [4.78, 5) is 0. The largest absolute Gasteiger partial charge is 0.437 e. The fraction of sp³-hybridized carbons (Fsp3) is 1.00. The second kappa shape index (κ2) is 9.66. The van der Waals surface area contributed by atoms with E-state index in [1.165, 1.54) is 0 Å². The summed E-state index contributed by atoms with van der Waals surface area (Å²) in [5.74, 6) is -6.01. The first-order chi connectivity index (χ1) is 11.7. The molecule has 0 aliphatic carbocycles. The van der Waals surface area contributed by atoms with Crippen molar-refractivity contribution in [1.29, 1.82) is 0 Å². The summed E-state index contributed by atoms with van der Waals surface area (Å²) in [5.41, 5.74) is 0. The zero-order valence-corrected chi connectivity index (χ0v) is 26.0. The molecule has 17 heteroatoms. The van der Waals surface area contributed by atoms with Gasteiger partial charge < -0.3 is 8.23 Å². The third-order valence-electron chi connectivity index (χ3n) is 2.83. The van der Waals surface area contributed by atoms with Crippen LogP contribution in [0.5, 0.6) is 0 Å². The van der Waals surface area contributed by atoms with Crippen LogP contribution in [0.15, 0.2) is 13.5 Å². The summed E-state index contributed by atoms with van der Waals surface area (Å²) in [5, 5.41) is 3.14. The van der Waals surface area contributed by atoms with E-state index in [0.717, 1.165) is 12.5 Å². The lowest BCUT2D eigenvalue weighted by Gasteiger charge is -2.38. The first-order valence-electron chi connectivity index (χ1n) is 8.29. The van der Waals surface area contributed by atoms with Gasteiger partial charge in [0.15, 0.2) is 16.6 Å². The average Bonchev–Trinajstić information content (AvgIpc) is 2.24. The van der Waals surface area contributed by atoms with Gasteiger partial charge in [-0.15, -0.1) is 0 Å². The Bertz CT molecular complexity index is 692. The quantitative estimate of drug-likeness (QED) is 0.165. The summed E-state index contributed by atoms with van der Waals surface area (Å²) < 4.78 is 25.3. The van der Waals surface area contributed by atoms with Crippen molar-refractivity contribution in [3.8, 4) is 0 Å². The van der Waals surface area contributed by atoms with E-state index in [-0.39, 0.29) is 0 Å². The Morgan fingerprint density at radius 2 is 1.19 bits per heavy atom. The van der Waals surface area contributed by atoms with Crippen LogP contribution in [-0.4, -0.2) is 31.7 Å². The van der Waals surface area contributed by atoms with Crippen LogP contribution in [0.1, 0.15) is 6.42 Å². The van der Waals surface area contributed by atoms with Crippen molar-refractivity contribution in [3.05, 3.63) is 0 Å². The molecule has 0 bridgehead atoms. The van der Waals surface area contributed by atoms with Gasteiger partial charge in [0, 0.05) is 6.54 Å². The van der Waals surface area contributed by atoms with E-state index in [4.69, 9.17) is 64.4 Å². The highest BCUT2D eigenvalue weighted by Crippen LogP contribution is 2.85. The molecule has 0 saturated carbocycles. The van der Waals surface area contributed by atoms with Gasteiger partial charge in [-0.3, -0.25) is 5.09 Å². The SMILES string of the molecule is C[Si](C)(C)O[Si](C)(CCCNP1(Cl)=NP(Cl)(Cl)=NP(Cl)(Cl)=N1)O[Si](C)(C)C. The van der Waals surface area contributed by atoms with Gasteiger partial charge >= 0.3 is 8.56 Å². The van der Waals surface area contributed by atoms with Gasteiger partial charge in [0.1, 0.15) is 0 Å². The minimum Gasteiger partial charge on any atom is -0.437 e. The molecule has 1 aliphatic rings. The van der Waals surface area contributed by atoms with E-state index in [1.54, 1.807) is 0 Å². The Kier molecular flexibility index (Phi) is 9.91. The Morgan fingerprint density at radius 3 is 1.59 bits per heavy atom. The molecule has 0 saturated heterocycles. The second-order valence-corrected chi connectivity index (χ2v) is 34.6. The standard InChI is InChI=1S/C10H28Cl5N4O2P3Si3/c1-25(2,3)20-27(7,21-26(4,5)6)10-8-9-16-24(15)18-22(11,12)17-23(13,14)19-24/h16H,8-10H2,1-7H3. The van der Waals surface area contributed by atoms with Crippen LogP contribution < -0.4 is 5.09 Å². The van der Waals surface area contributed by atoms with Crippen molar-refractivity contribution >= 4 is 99.9 Å². The molecule has 162 valence electrons. The normalized spacial score (nSPS) is 25.3. The van der Waals surface area contributed by atoms with Crippen LogP contribution in [0.2, 0.25) is 51.9 Å². The van der Waals surface area contributed by atoms with Crippen molar-refractivity contribution in [1.82, 2.24) is 5.09 Å². The molecule has 0 aromatic rings. The molecule has 1 atom stereocenters. The molecule has 1 aliphatic heterocycles. The molecule has 6 nitrogen and oxygen atoms in total. The number of hydrogen-bond acceptors (Lipinski definition) is 6. The number of rotatable bonds is 9. The predicted octanol–water partition coefficient (Wildman–Crippen LogP) is 9.79. The van der Waals surface area contributed by atoms with Crippen molar-refractivity contribution in [3.63, 3.8) is 0 Å². The molecule has 27 heavy (non-hydrogen) atoms. The summed E-state index contributed by atoms with van der Waals surface area (Å²) in [6.45, 7) is 12.9. The summed E-state index contributed by atoms with van der Waals surface area (Å²) >= 11 is 30.9. The van der Waals surface area contributed by atoms with E-state index in [9.17, 15) is 0 Å². The number of nitrogens with zero attached hydrogens (tertiary/aromatic N) is 3. The van der Waals surface area contributed by atoms with E-state index < -0.39 is 43.7 Å². The fourth-order valence-electron chi connectivity index (χ4n) is 2.58. The van der Waals surface area contributed by atoms with Gasteiger partial charge in [-0.25, -0.2) is 0 Å². The topological polar surface area (TPSA) is 67.6 Å². The van der Waals surface area contributed by atoms with Crippen molar-refractivity contribution in [2.24, 2.45) is 13.5 Å². The Hall–Kier alpha value is 2.67. The molecule has 1 unspecified atom stereocenters. The zero-order valence-electron chi connectivity index (χ0n) is 16.5. The monoisotopic (exact) mass is 588 g/mol. The van der Waals surface area contributed by atoms with Crippen LogP contribution in [-0.2, 0) is 8.23 Å². The number of hydrogen-bond donors (Lipinski definition) is 1. The molecule has 0 aromatic heterocycles. The van der Waals surface area contributed by atoms with Crippen molar-refractivity contribution in [2.75, 3.05) is 6.54 Å². The molecule has 1 N–H and O–H groups in total. The van der Waals surface area contributed by atoms with Gasteiger partial charge in [0.05, 0.1) is 0 Å². The zero-order chi connectivity index (χ0) is 21.4. The van der Waals surface area contributed by atoms with Gasteiger partial charge in [0.25, 0.3) is 11.8 Å². The average molecular weight is 591 g/mol. The van der Waals surface area contributed by atoms with Crippen LogP contribution in [0.3, 0.4) is 0 Å². The first-order valence-corrected chi connectivity index (χ1v) is 27.2. The van der Waals surface area contributed by atoms with Crippen molar-refractivity contribution < 1.29 is 8.23 Å². The summed E-state index contributed by atoms with van der Waals surface area (Å²) in [6.07, 6.45) is 0.792. The fourth-order valence-corrected chi connectivity index (χ4v) is 32.3. The van der Waals surface area contributed by atoms with E-state index in [0.29, 0.717) is 6.54 Å². The minimum absolute atomic E-state index is 0.554. The maximum Gasteiger partial charge on any atom is 0.314 e. The highest BCUT2D eigenvalue weighted by Gasteiger charge is 2.40. The maximum atomic E-state index is 6.49. The van der Waals surface area contributed by atoms with Crippen LogP contribution in [0.25, 0.3) is 0 Å². The molecular formula is C10H28Cl5N4O2P3Si3. The lowest BCUT2D eigenvalue weighted by atomic mass is 10.5. The lowest BCUT2D eigenvalue weighted by Crippen LogP contribution is -2.52. The van der Waals surface area contributed by atoms with Crippen molar-refractivity contribution in [2.45, 2.75) is 58.3 Å². The predicted molar refractivity (Wildman–Crippen MR) is 135 cm³/mol. The minimum atomic E-state index is -3.01. The highest BCUT2D eigenvalue weighted by molar-refractivity contribution is 8.22. The molecule has 0 radical (unpaired) electrons. The number of halogens is 5. The van der Waals surface area contributed by atoms with Gasteiger partial charge in [0.2, 0.25) is 6.71 Å². The highest BCUT2D eigenvalue weighted by atomic mass is 35.9. The van der Waals surface area contributed by atoms with Gasteiger partial charge in [-0.05, 0) is 114 Å². The van der Waals surface area contributed by atoms with Crippen LogP contribution in [0, 0.1) is 0 Å². The molecule has 1 rings (SSSR count). The first kappa shape index (κ1) is 27.7. The summed E-state index contributed by atoms with van der Waals surface area (Å²) in [6, 6.07) is 0.833. The van der Waals surface area contributed by atoms with Gasteiger partial charge in [-0.2, -0.15) is 13.5 Å². The third-order valence-corrected chi connectivity index (χ3v) is 24.9. The smallest absolute Gasteiger partial charge is 0.314 e.